The fourth-order valence-electron chi connectivity index (χ4n) is 2.82. The number of halogens is 1. The van der Waals surface area contributed by atoms with Gasteiger partial charge in [-0.05, 0) is 36.8 Å². The summed E-state index contributed by atoms with van der Waals surface area (Å²) in [5, 5.41) is 16.9. The van der Waals surface area contributed by atoms with E-state index in [0.717, 1.165) is 4.90 Å². The SMILES string of the molecule is CCCNC(=O)[C@]1(O)c2cc(Br)ccc2NC(=O)N1c1ccccc1. The van der Waals surface area contributed by atoms with Gasteiger partial charge in [0.15, 0.2) is 0 Å². The van der Waals surface area contributed by atoms with Crippen molar-refractivity contribution in [3.05, 3.63) is 58.6 Å². The molecule has 1 heterocycles. The maximum absolute atomic E-state index is 12.9. The molecule has 7 heteroatoms. The van der Waals surface area contributed by atoms with Crippen molar-refractivity contribution in [1.29, 1.82) is 0 Å². The Hall–Kier alpha value is -2.38. The number of rotatable bonds is 4. The van der Waals surface area contributed by atoms with Crippen molar-refractivity contribution in [3.63, 3.8) is 0 Å². The van der Waals surface area contributed by atoms with Crippen molar-refractivity contribution in [1.82, 2.24) is 5.32 Å². The molecule has 2 aromatic carbocycles. The minimum atomic E-state index is -2.15. The fraction of sp³-hybridized carbons (Fsp3) is 0.222. The molecule has 3 rings (SSSR count). The smallest absolute Gasteiger partial charge is 0.329 e. The first-order valence-corrected chi connectivity index (χ1v) is 8.74. The van der Waals surface area contributed by atoms with E-state index < -0.39 is 17.7 Å². The Morgan fingerprint density at radius 3 is 2.68 bits per heavy atom. The number of para-hydroxylation sites is 1. The molecule has 0 aliphatic carbocycles. The molecule has 0 unspecified atom stereocenters. The third-order valence-corrected chi connectivity index (χ3v) is 4.49. The second-order valence-corrected chi connectivity index (χ2v) is 6.63. The van der Waals surface area contributed by atoms with Crippen LogP contribution in [0.5, 0.6) is 0 Å². The summed E-state index contributed by atoms with van der Waals surface area (Å²) in [5.74, 6) is -0.646. The fourth-order valence-corrected chi connectivity index (χ4v) is 3.18. The van der Waals surface area contributed by atoms with Crippen molar-refractivity contribution in [2.24, 2.45) is 0 Å². The van der Waals surface area contributed by atoms with Crippen molar-refractivity contribution < 1.29 is 14.7 Å². The van der Waals surface area contributed by atoms with Gasteiger partial charge in [-0.3, -0.25) is 9.69 Å². The Bertz CT molecular complexity index is 812. The standard InChI is InChI=1S/C18H18BrN3O3/c1-2-10-20-16(23)18(25)14-11-12(19)8-9-15(14)21-17(24)22(18)13-6-4-3-5-7-13/h3-9,11,25H,2,10H2,1H3,(H,20,23)(H,21,24)/t18-/m1/s1. The molecule has 0 saturated heterocycles. The Morgan fingerprint density at radius 1 is 1.28 bits per heavy atom. The molecule has 130 valence electrons. The number of hydrogen-bond donors (Lipinski definition) is 3. The number of benzene rings is 2. The molecule has 25 heavy (non-hydrogen) atoms. The summed E-state index contributed by atoms with van der Waals surface area (Å²) in [7, 11) is 0. The second kappa shape index (κ2) is 6.85. The molecule has 0 bridgehead atoms. The Labute approximate surface area is 154 Å². The first-order chi connectivity index (χ1) is 12.0. The number of nitrogens with one attached hydrogen (secondary N) is 2. The third kappa shape index (κ3) is 3.01. The highest BCUT2D eigenvalue weighted by Crippen LogP contribution is 2.40. The molecule has 1 aliphatic rings. The lowest BCUT2D eigenvalue weighted by Gasteiger charge is -2.42. The molecular weight excluding hydrogens is 386 g/mol. The van der Waals surface area contributed by atoms with E-state index in [2.05, 4.69) is 26.6 Å². The van der Waals surface area contributed by atoms with E-state index in [0.29, 0.717) is 34.4 Å². The number of urea groups is 1. The molecule has 0 aromatic heterocycles. The van der Waals surface area contributed by atoms with Crippen LogP contribution in [0.15, 0.2) is 53.0 Å². The van der Waals surface area contributed by atoms with Crippen molar-refractivity contribution in [2.75, 3.05) is 16.8 Å². The summed E-state index contributed by atoms with van der Waals surface area (Å²) in [6.45, 7) is 2.31. The van der Waals surface area contributed by atoms with Gasteiger partial charge in [0.1, 0.15) is 0 Å². The van der Waals surface area contributed by atoms with Crippen LogP contribution >= 0.6 is 15.9 Å². The maximum Gasteiger partial charge on any atom is 0.329 e. The average Bonchev–Trinajstić information content (AvgIpc) is 2.61. The number of hydrogen-bond acceptors (Lipinski definition) is 3. The zero-order valence-corrected chi connectivity index (χ0v) is 15.2. The van der Waals surface area contributed by atoms with Gasteiger partial charge in [-0.1, -0.05) is 41.1 Å². The van der Waals surface area contributed by atoms with E-state index in [-0.39, 0.29) is 0 Å². The molecule has 2 aromatic rings. The minimum absolute atomic E-state index is 0.305. The summed E-state index contributed by atoms with van der Waals surface area (Å²) in [5.41, 5.74) is -1.04. The molecule has 0 radical (unpaired) electrons. The molecule has 0 spiro atoms. The molecule has 1 atom stereocenters. The predicted octanol–water partition coefficient (Wildman–Crippen LogP) is 3.17. The van der Waals surface area contributed by atoms with Crippen LogP contribution in [0.1, 0.15) is 18.9 Å². The quantitative estimate of drug-likeness (QED) is 0.732. The van der Waals surface area contributed by atoms with Gasteiger partial charge < -0.3 is 15.7 Å². The lowest BCUT2D eigenvalue weighted by molar-refractivity contribution is -0.140. The summed E-state index contributed by atoms with van der Waals surface area (Å²) in [6, 6.07) is 13.1. The maximum atomic E-state index is 12.9. The normalized spacial score (nSPS) is 19.2. The van der Waals surface area contributed by atoms with Crippen LogP contribution in [0.3, 0.4) is 0 Å². The molecular formula is C18H18BrN3O3. The average molecular weight is 404 g/mol. The van der Waals surface area contributed by atoms with Crippen LogP contribution in [0.4, 0.5) is 16.2 Å². The zero-order chi connectivity index (χ0) is 18.0. The van der Waals surface area contributed by atoms with Gasteiger partial charge in [0.25, 0.3) is 11.6 Å². The van der Waals surface area contributed by atoms with Crippen LogP contribution < -0.4 is 15.5 Å². The number of nitrogens with zero attached hydrogens (tertiary/aromatic N) is 1. The van der Waals surface area contributed by atoms with Gasteiger partial charge in [0.2, 0.25) is 0 Å². The summed E-state index contributed by atoms with van der Waals surface area (Å²) >= 11 is 3.36. The first kappa shape index (κ1) is 17.4. The van der Waals surface area contributed by atoms with Gasteiger partial charge in [0, 0.05) is 22.3 Å². The monoisotopic (exact) mass is 403 g/mol. The van der Waals surface area contributed by atoms with Crippen LogP contribution in [-0.2, 0) is 10.5 Å². The molecule has 3 N–H and O–H groups in total. The zero-order valence-electron chi connectivity index (χ0n) is 13.6. The Morgan fingerprint density at radius 2 is 2.00 bits per heavy atom. The highest BCUT2D eigenvalue weighted by Gasteiger charge is 2.51. The summed E-state index contributed by atoms with van der Waals surface area (Å²) in [6.07, 6.45) is 0.713. The molecule has 1 aliphatic heterocycles. The minimum Gasteiger partial charge on any atom is -0.359 e. The van der Waals surface area contributed by atoms with Gasteiger partial charge in [0.05, 0.1) is 5.69 Å². The number of aliphatic hydroxyl groups is 1. The lowest BCUT2D eigenvalue weighted by atomic mass is 9.94. The topological polar surface area (TPSA) is 81.7 Å². The Balaban J connectivity index is 2.19. The summed E-state index contributed by atoms with van der Waals surface area (Å²) < 4.78 is 0.692. The summed E-state index contributed by atoms with van der Waals surface area (Å²) in [4.78, 5) is 26.7. The molecule has 0 saturated carbocycles. The van der Waals surface area contributed by atoms with Crippen molar-refractivity contribution >= 4 is 39.2 Å². The number of carbonyl (C=O) groups is 2. The molecule has 3 amide bonds. The third-order valence-electron chi connectivity index (χ3n) is 3.99. The van der Waals surface area contributed by atoms with Crippen LogP contribution in [0.2, 0.25) is 0 Å². The largest absolute Gasteiger partial charge is 0.359 e. The molecule has 6 nitrogen and oxygen atoms in total. The first-order valence-electron chi connectivity index (χ1n) is 7.95. The van der Waals surface area contributed by atoms with Gasteiger partial charge in [-0.15, -0.1) is 0 Å². The number of amides is 3. The molecule has 0 fully saturated rings. The van der Waals surface area contributed by atoms with Crippen LogP contribution in [0, 0.1) is 0 Å². The number of carbonyl (C=O) groups excluding carboxylic acids is 2. The van der Waals surface area contributed by atoms with Crippen molar-refractivity contribution in [3.8, 4) is 0 Å². The van der Waals surface area contributed by atoms with E-state index in [1.165, 1.54) is 0 Å². The van der Waals surface area contributed by atoms with E-state index >= 15 is 0 Å². The number of fused-ring (bicyclic) bond motifs is 1. The van der Waals surface area contributed by atoms with Crippen LogP contribution in [-0.4, -0.2) is 23.6 Å². The second-order valence-electron chi connectivity index (χ2n) is 5.72. The van der Waals surface area contributed by atoms with E-state index in [4.69, 9.17) is 0 Å². The highest BCUT2D eigenvalue weighted by molar-refractivity contribution is 9.10. The van der Waals surface area contributed by atoms with Crippen LogP contribution in [0.25, 0.3) is 0 Å². The van der Waals surface area contributed by atoms with Gasteiger partial charge >= 0.3 is 6.03 Å². The predicted molar refractivity (Wildman–Crippen MR) is 99.3 cm³/mol. The van der Waals surface area contributed by atoms with E-state index in [1.54, 1.807) is 48.5 Å². The van der Waals surface area contributed by atoms with Crippen molar-refractivity contribution in [2.45, 2.75) is 19.1 Å². The lowest BCUT2D eigenvalue weighted by Crippen LogP contribution is -2.62. The number of anilines is 2. The Kier molecular flexibility index (Phi) is 4.78. The van der Waals surface area contributed by atoms with E-state index in [1.807, 2.05) is 6.92 Å². The van der Waals surface area contributed by atoms with Gasteiger partial charge in [-0.25, -0.2) is 4.79 Å². The highest BCUT2D eigenvalue weighted by atomic mass is 79.9. The van der Waals surface area contributed by atoms with Gasteiger partial charge in [-0.2, -0.15) is 0 Å². The van der Waals surface area contributed by atoms with E-state index in [9.17, 15) is 14.7 Å².